The van der Waals surface area contributed by atoms with E-state index in [0.29, 0.717) is 36.3 Å². The Morgan fingerprint density at radius 1 is 0.667 bits per heavy atom. The second kappa shape index (κ2) is 31.6. The van der Waals surface area contributed by atoms with Crippen molar-refractivity contribution in [2.24, 2.45) is 46.3 Å². The number of benzene rings is 1. The number of ketones is 2. The first-order chi connectivity index (χ1) is 41.0. The van der Waals surface area contributed by atoms with Gasteiger partial charge in [-0.15, -0.1) is 0 Å². The van der Waals surface area contributed by atoms with Crippen LogP contribution in [0, 0.1) is 46.3 Å². The number of hydrogen-bond donors (Lipinski definition) is 5. The van der Waals surface area contributed by atoms with Crippen LogP contribution in [0.1, 0.15) is 190 Å². The number of phenolic OH excluding ortho intramolecular Hbond substituents is 1. The predicted octanol–water partition coefficient (Wildman–Crippen LogP) is 7.37. The molecule has 1 aromatic rings. The Bertz CT molecular complexity index is 2520. The van der Waals surface area contributed by atoms with Crippen LogP contribution in [0.3, 0.4) is 0 Å². The molecule has 22 nitrogen and oxygen atoms in total. The highest BCUT2D eigenvalue weighted by Crippen LogP contribution is 2.62. The van der Waals surface area contributed by atoms with Gasteiger partial charge in [0, 0.05) is 19.3 Å². The molecule has 0 radical (unpaired) electrons. The van der Waals surface area contributed by atoms with Crippen molar-refractivity contribution in [3.05, 3.63) is 29.3 Å². The second-order valence-electron chi connectivity index (χ2n) is 27.3. The SMILES string of the molecule is CCC1(OC(COC(=O)C(CC(C)C)NC)CC(=O)C(CC(C)C)NC(=O)CC(=O)NC(CC(C)C)C(=O)OCOC(=O)C(CC(C)C)NC(=O)CC(C)=O)OCC2(CO1)COC(CC)(OC1CC3C4CCc5cc(O)ccc5C4CCC3(C)C1)OC2. The van der Waals surface area contributed by atoms with Crippen molar-refractivity contribution >= 4 is 47.2 Å². The number of nitrogens with one attached hydrogen (secondary N) is 4. The van der Waals surface area contributed by atoms with Crippen molar-refractivity contribution in [1.82, 2.24) is 21.3 Å². The fraction of sp³-hybridized carbons (Fsp3) is 0.785. The van der Waals surface area contributed by atoms with Crippen LogP contribution in [0.4, 0.5) is 0 Å². The lowest BCUT2D eigenvalue weighted by atomic mass is 9.56. The molecule has 87 heavy (non-hydrogen) atoms. The Labute approximate surface area is 514 Å². The molecule has 2 aliphatic heterocycles. The fourth-order valence-electron chi connectivity index (χ4n) is 13.4. The number of Topliss-reactive ketones (excluding diaryl/α,β-unsaturated/α-hetero) is 2. The van der Waals surface area contributed by atoms with E-state index in [-0.39, 0.29) is 106 Å². The number of hydrogen-bond acceptors (Lipinski definition) is 19. The number of esters is 3. The van der Waals surface area contributed by atoms with Gasteiger partial charge in [-0.1, -0.05) is 82.2 Å². The molecule has 5 aliphatic rings. The van der Waals surface area contributed by atoms with Gasteiger partial charge < -0.3 is 69.0 Å². The van der Waals surface area contributed by atoms with Gasteiger partial charge >= 0.3 is 17.9 Å². The highest BCUT2D eigenvalue weighted by Gasteiger charge is 2.57. The van der Waals surface area contributed by atoms with Crippen molar-refractivity contribution < 1.29 is 86.1 Å². The molecule has 1 spiro atoms. The minimum Gasteiger partial charge on any atom is -0.508 e. The topological polar surface area (TPSA) is 288 Å². The van der Waals surface area contributed by atoms with E-state index < -0.39 is 109 Å². The first-order valence-corrected chi connectivity index (χ1v) is 31.8. The van der Waals surface area contributed by atoms with Gasteiger partial charge in [0.15, 0.2) is 5.78 Å². The zero-order chi connectivity index (χ0) is 64.0. The van der Waals surface area contributed by atoms with Crippen LogP contribution in [0.2, 0.25) is 0 Å². The van der Waals surface area contributed by atoms with E-state index >= 15 is 0 Å². The van der Waals surface area contributed by atoms with E-state index in [1.807, 2.05) is 81.4 Å². The van der Waals surface area contributed by atoms with Gasteiger partial charge in [0.2, 0.25) is 24.5 Å². The summed E-state index contributed by atoms with van der Waals surface area (Å²) < 4.78 is 56.0. The molecule has 3 amide bonds. The summed E-state index contributed by atoms with van der Waals surface area (Å²) in [6.07, 6.45) is 4.99. The number of likely N-dealkylation sites (N-methyl/N-ethyl adjacent to an activating group) is 1. The summed E-state index contributed by atoms with van der Waals surface area (Å²) in [6.45, 7) is 21.9. The van der Waals surface area contributed by atoms with Crippen LogP contribution in [0.25, 0.3) is 0 Å². The minimum absolute atomic E-state index is 0.0439. The molecule has 10 atom stereocenters. The Kier molecular flexibility index (Phi) is 25.8. The van der Waals surface area contributed by atoms with E-state index in [4.69, 9.17) is 42.6 Å². The molecule has 6 rings (SSSR count). The van der Waals surface area contributed by atoms with Gasteiger partial charge in [-0.05, 0) is 148 Å². The fourth-order valence-corrected chi connectivity index (χ4v) is 13.4. The average molecular weight is 1230 g/mol. The number of carbonyl (C=O) groups excluding carboxylic acids is 8. The molecule has 1 aromatic carbocycles. The molecule has 0 aromatic heterocycles. The molecule has 10 unspecified atom stereocenters. The average Bonchev–Trinajstić information content (AvgIpc) is 1.73. The summed E-state index contributed by atoms with van der Waals surface area (Å²) in [4.78, 5) is 105. The monoisotopic (exact) mass is 1230 g/mol. The summed E-state index contributed by atoms with van der Waals surface area (Å²) in [5.41, 5.74) is 2.06. The Balaban J connectivity index is 1.06. The number of phenols is 1. The predicted molar refractivity (Wildman–Crippen MR) is 319 cm³/mol. The molecule has 2 saturated carbocycles. The van der Waals surface area contributed by atoms with Gasteiger partial charge in [-0.2, -0.15) is 0 Å². The summed E-state index contributed by atoms with van der Waals surface area (Å²) >= 11 is 0. The lowest BCUT2D eigenvalue weighted by Crippen LogP contribution is -2.61. The standard InChI is InChI=1S/C65H102N4O18/c1-14-64(86-45-28-50-49-18-16-43-27-44(71)17-19-47(43)48(49)20-21-62(50,12)31-45)82-33-63(34-83-64)35-84-65(15-2,85-36-63)87-46(32-79-59(76)52(66-13)23-39(5)6)29-55(72)51(22-38(3)4)67-57(74)30-58(75)69-54(25-41(9)10)61(78)81-37-80-60(77)53(24-40(7)8)68-56(73)26-42(11)70/h17,19,27,38-41,45-46,48-54,66,71H,14-16,18,20-26,28-37H2,1-13H3,(H,67,74)(H,68,73)(H,69,75). The molecule has 3 aliphatic carbocycles. The Morgan fingerprint density at radius 3 is 1.70 bits per heavy atom. The maximum Gasteiger partial charge on any atom is 0.331 e. The maximum atomic E-state index is 14.5. The molecule has 2 heterocycles. The van der Waals surface area contributed by atoms with Crippen molar-refractivity contribution in [1.29, 1.82) is 0 Å². The molecular formula is C65H102N4O18. The van der Waals surface area contributed by atoms with E-state index in [2.05, 4.69) is 34.3 Å². The van der Waals surface area contributed by atoms with Gasteiger partial charge in [-0.3, -0.25) is 28.8 Å². The number of fused-ring (bicyclic) bond motifs is 5. The first kappa shape index (κ1) is 71.0. The molecule has 4 fully saturated rings. The summed E-state index contributed by atoms with van der Waals surface area (Å²) in [5.74, 6) is -6.75. The Morgan fingerprint density at radius 2 is 1.17 bits per heavy atom. The highest BCUT2D eigenvalue weighted by molar-refractivity contribution is 6.00. The molecule has 5 N–H and O–H groups in total. The van der Waals surface area contributed by atoms with E-state index in [9.17, 15) is 43.5 Å². The summed E-state index contributed by atoms with van der Waals surface area (Å²) in [7, 11) is 1.66. The van der Waals surface area contributed by atoms with E-state index in [0.717, 1.165) is 38.5 Å². The molecule has 2 saturated heterocycles. The number of rotatable bonds is 32. The van der Waals surface area contributed by atoms with Gasteiger partial charge in [-0.25, -0.2) is 9.59 Å². The largest absolute Gasteiger partial charge is 0.508 e. The van der Waals surface area contributed by atoms with Crippen molar-refractivity contribution in [3.63, 3.8) is 0 Å². The number of ether oxygens (including phenoxy) is 9. The van der Waals surface area contributed by atoms with Crippen molar-refractivity contribution in [2.45, 2.75) is 234 Å². The molecule has 22 heteroatoms. The summed E-state index contributed by atoms with van der Waals surface area (Å²) in [5, 5.41) is 20.9. The molecule has 0 bridgehead atoms. The van der Waals surface area contributed by atoms with E-state index in [1.54, 1.807) is 7.05 Å². The van der Waals surface area contributed by atoms with Crippen LogP contribution >= 0.6 is 0 Å². The number of aryl methyl sites for hydroxylation is 1. The van der Waals surface area contributed by atoms with Crippen molar-refractivity contribution in [2.75, 3.05) is 46.9 Å². The van der Waals surface area contributed by atoms with Crippen LogP contribution in [-0.4, -0.2) is 147 Å². The smallest absolute Gasteiger partial charge is 0.331 e. The lowest BCUT2D eigenvalue weighted by Gasteiger charge is -2.50. The number of aromatic hydroxyl groups is 1. The number of carbonyl (C=O) groups is 8. The second-order valence-corrected chi connectivity index (χ2v) is 27.3. The van der Waals surface area contributed by atoms with Crippen LogP contribution in [0.15, 0.2) is 18.2 Å². The van der Waals surface area contributed by atoms with E-state index in [1.165, 1.54) is 18.1 Å². The van der Waals surface area contributed by atoms with Gasteiger partial charge in [0.25, 0.3) is 11.9 Å². The van der Waals surface area contributed by atoms with Crippen LogP contribution in [-0.2, 0) is 87.4 Å². The third kappa shape index (κ3) is 19.9. The number of amides is 3. The quantitative estimate of drug-likeness (QED) is 0.0267. The van der Waals surface area contributed by atoms with Gasteiger partial charge in [0.1, 0.15) is 48.8 Å². The van der Waals surface area contributed by atoms with Crippen LogP contribution < -0.4 is 21.3 Å². The minimum atomic E-state index is -1.68. The third-order valence-corrected chi connectivity index (χ3v) is 17.8. The molecular weight excluding hydrogens is 1120 g/mol. The normalized spacial score (nSPS) is 27.7. The molecule has 490 valence electrons. The summed E-state index contributed by atoms with van der Waals surface area (Å²) in [6, 6.07) is 1.78. The highest BCUT2D eigenvalue weighted by atomic mass is 16.9. The zero-order valence-corrected chi connectivity index (χ0v) is 54.0. The van der Waals surface area contributed by atoms with Gasteiger partial charge in [0.05, 0.1) is 50.4 Å². The maximum absolute atomic E-state index is 14.5. The van der Waals surface area contributed by atoms with Crippen LogP contribution in [0.5, 0.6) is 5.75 Å². The third-order valence-electron chi connectivity index (χ3n) is 17.8. The van der Waals surface area contributed by atoms with Crippen molar-refractivity contribution in [3.8, 4) is 5.75 Å². The Hall–Kier alpha value is -5.10. The lowest BCUT2D eigenvalue weighted by molar-refractivity contribution is -0.473. The first-order valence-electron chi connectivity index (χ1n) is 31.8. The zero-order valence-electron chi connectivity index (χ0n) is 54.0.